The number of carbonyl (C=O) groups is 2. The average Bonchev–Trinajstić information content (AvgIpc) is 2.93. The lowest BCUT2D eigenvalue weighted by Gasteiger charge is -2.30. The zero-order valence-corrected chi connectivity index (χ0v) is 20.0. The number of ether oxygens (including phenoxy) is 1. The van der Waals surface area contributed by atoms with Gasteiger partial charge in [0.1, 0.15) is 6.04 Å². The van der Waals surface area contributed by atoms with E-state index < -0.39 is 40.7 Å². The highest BCUT2D eigenvalue weighted by Crippen LogP contribution is 2.32. The molecule has 0 saturated carbocycles. The predicted octanol–water partition coefficient (Wildman–Crippen LogP) is 3.55. The van der Waals surface area contributed by atoms with E-state index in [0.717, 1.165) is 9.87 Å². The van der Waals surface area contributed by atoms with Crippen molar-refractivity contribution in [3.63, 3.8) is 0 Å². The molecule has 2 aromatic rings. The first-order chi connectivity index (χ1) is 16.0. The minimum absolute atomic E-state index is 0.160. The fraction of sp³-hybridized carbons (Fsp3) is 0.391. The molecule has 184 valence electrons. The van der Waals surface area contributed by atoms with Crippen molar-refractivity contribution in [2.45, 2.75) is 49.1 Å². The normalized spacial score (nSPS) is 18.3. The maximum atomic E-state index is 14.4. The predicted molar refractivity (Wildman–Crippen MR) is 122 cm³/mol. The number of nitrogens with zero attached hydrogens (tertiary/aromatic N) is 1. The number of esters is 1. The highest BCUT2D eigenvalue weighted by atomic mass is 35.5. The molecule has 0 bridgehead atoms. The van der Waals surface area contributed by atoms with Crippen LogP contribution in [0.3, 0.4) is 0 Å². The molecule has 1 atom stereocenters. The Labute approximate surface area is 202 Å². The van der Waals surface area contributed by atoms with Crippen LogP contribution in [0.15, 0.2) is 53.4 Å². The maximum absolute atomic E-state index is 14.4. The second-order valence-electron chi connectivity index (χ2n) is 8.01. The minimum Gasteiger partial charge on any atom is -0.469 e. The number of amides is 1. The quantitative estimate of drug-likeness (QED) is 0.544. The average molecular weight is 515 g/mol. The molecular weight excluding hydrogens is 490 g/mol. The van der Waals surface area contributed by atoms with Crippen LogP contribution < -0.4 is 5.32 Å². The third-order valence-electron chi connectivity index (χ3n) is 5.56. The van der Waals surface area contributed by atoms with Gasteiger partial charge < -0.3 is 10.1 Å². The number of benzene rings is 2. The number of methoxy groups -OCH3 is 1. The Morgan fingerprint density at radius 2 is 1.76 bits per heavy atom. The van der Waals surface area contributed by atoms with Gasteiger partial charge in [-0.15, -0.1) is 0 Å². The Morgan fingerprint density at radius 3 is 2.38 bits per heavy atom. The summed E-state index contributed by atoms with van der Waals surface area (Å²) in [6, 6.07) is 10.4. The summed E-state index contributed by atoms with van der Waals surface area (Å²) >= 11 is 5.87. The minimum atomic E-state index is -4.33. The topological polar surface area (TPSA) is 92.8 Å². The van der Waals surface area contributed by atoms with Gasteiger partial charge in [0.25, 0.3) is 5.92 Å². The van der Waals surface area contributed by atoms with Crippen LogP contribution in [-0.2, 0) is 37.3 Å². The summed E-state index contributed by atoms with van der Waals surface area (Å²) in [5, 5.41) is 2.71. The zero-order chi connectivity index (χ0) is 24.9. The molecule has 1 aliphatic heterocycles. The van der Waals surface area contributed by atoms with Gasteiger partial charge in [-0.25, -0.2) is 17.2 Å². The molecule has 11 heteroatoms. The molecule has 0 unspecified atom stereocenters. The van der Waals surface area contributed by atoms with Crippen molar-refractivity contribution in [2.24, 2.45) is 0 Å². The summed E-state index contributed by atoms with van der Waals surface area (Å²) in [7, 11) is -3.03. The van der Waals surface area contributed by atoms with E-state index in [1.807, 2.05) is 0 Å². The van der Waals surface area contributed by atoms with Crippen molar-refractivity contribution >= 4 is 33.5 Å². The first-order valence-corrected chi connectivity index (χ1v) is 12.4. The van der Waals surface area contributed by atoms with Gasteiger partial charge in [0.15, 0.2) is 0 Å². The molecule has 1 fully saturated rings. The number of aryl methyl sites for hydroxylation is 1. The third-order valence-corrected chi connectivity index (χ3v) is 7.68. The second kappa shape index (κ2) is 10.8. The summed E-state index contributed by atoms with van der Waals surface area (Å²) in [6.07, 6.45) is -0.886. The lowest BCUT2D eigenvalue weighted by atomic mass is 10.1. The van der Waals surface area contributed by atoms with Crippen LogP contribution in [0.25, 0.3) is 0 Å². The summed E-state index contributed by atoms with van der Waals surface area (Å²) in [5.74, 6) is -4.34. The molecule has 1 amide bonds. The van der Waals surface area contributed by atoms with Crippen LogP contribution in [0, 0.1) is 0 Å². The molecule has 3 rings (SSSR count). The number of hydrogen-bond donors (Lipinski definition) is 1. The Bertz CT molecular complexity index is 1130. The number of hydrogen-bond acceptors (Lipinski definition) is 5. The zero-order valence-electron chi connectivity index (χ0n) is 18.5. The van der Waals surface area contributed by atoms with E-state index in [-0.39, 0.29) is 30.4 Å². The molecule has 1 aliphatic rings. The van der Waals surface area contributed by atoms with Crippen LogP contribution in [0.1, 0.15) is 30.4 Å². The summed E-state index contributed by atoms with van der Waals surface area (Å²) in [4.78, 5) is 23.9. The highest BCUT2D eigenvalue weighted by Gasteiger charge is 2.45. The third kappa shape index (κ3) is 6.52. The van der Waals surface area contributed by atoms with E-state index in [9.17, 15) is 26.8 Å². The molecule has 2 aromatic carbocycles. The van der Waals surface area contributed by atoms with Gasteiger partial charge in [0.2, 0.25) is 15.9 Å². The number of alkyl halides is 2. The molecular formula is C23H25ClF2N2O5S. The Morgan fingerprint density at radius 1 is 1.15 bits per heavy atom. The SMILES string of the molecule is COC(=O)CCc1ccc(CN([C@@H]2CC(F)(F)CCNC2=O)S(=O)(=O)c2ccc(Cl)cc2)cc1. The number of rotatable bonds is 8. The van der Waals surface area contributed by atoms with Crippen LogP contribution in [-0.4, -0.2) is 50.2 Å². The molecule has 1 saturated heterocycles. The fourth-order valence-electron chi connectivity index (χ4n) is 3.64. The van der Waals surface area contributed by atoms with E-state index in [1.165, 1.54) is 31.4 Å². The Kier molecular flexibility index (Phi) is 8.27. The monoisotopic (exact) mass is 514 g/mol. The van der Waals surface area contributed by atoms with Gasteiger partial charge in [-0.05, 0) is 41.8 Å². The lowest BCUT2D eigenvalue weighted by molar-refractivity contribution is -0.140. The van der Waals surface area contributed by atoms with Gasteiger partial charge in [-0.2, -0.15) is 4.31 Å². The number of sulfonamides is 1. The van der Waals surface area contributed by atoms with Crippen LogP contribution in [0.5, 0.6) is 0 Å². The van der Waals surface area contributed by atoms with Crippen molar-refractivity contribution in [3.05, 3.63) is 64.7 Å². The van der Waals surface area contributed by atoms with Gasteiger partial charge in [-0.3, -0.25) is 9.59 Å². The number of halogens is 3. The molecule has 1 N–H and O–H groups in total. The smallest absolute Gasteiger partial charge is 0.305 e. The maximum Gasteiger partial charge on any atom is 0.305 e. The molecule has 0 spiro atoms. The standard InChI is InChI=1S/C23H25ClF2N2O5S/c1-33-21(29)11-6-16-2-4-17(5-3-16)15-28(20-14-23(25,26)12-13-27-22(20)30)34(31,32)19-9-7-18(24)8-10-19/h2-5,7-10,20H,6,11-15H2,1H3,(H,27,30)/t20-/m1/s1. The Balaban J connectivity index is 1.94. The first-order valence-electron chi connectivity index (χ1n) is 10.6. The van der Waals surface area contributed by atoms with Crippen molar-refractivity contribution < 1.29 is 31.5 Å². The molecule has 1 heterocycles. The summed E-state index contributed by atoms with van der Waals surface area (Å²) < 4.78 is 61.2. The number of carbonyl (C=O) groups excluding carboxylic acids is 2. The largest absolute Gasteiger partial charge is 0.469 e. The van der Waals surface area contributed by atoms with E-state index in [2.05, 4.69) is 10.1 Å². The molecule has 7 nitrogen and oxygen atoms in total. The van der Waals surface area contributed by atoms with Gasteiger partial charge in [-0.1, -0.05) is 35.9 Å². The molecule has 0 aliphatic carbocycles. The second-order valence-corrected chi connectivity index (χ2v) is 10.3. The summed E-state index contributed by atoms with van der Waals surface area (Å²) in [6.45, 7) is -0.539. The van der Waals surface area contributed by atoms with E-state index in [1.54, 1.807) is 24.3 Å². The van der Waals surface area contributed by atoms with Crippen LogP contribution >= 0.6 is 11.6 Å². The van der Waals surface area contributed by atoms with Crippen molar-refractivity contribution in [1.82, 2.24) is 9.62 Å². The molecule has 34 heavy (non-hydrogen) atoms. The first kappa shape index (κ1) is 26.1. The summed E-state index contributed by atoms with van der Waals surface area (Å²) in [5.41, 5.74) is 1.32. The van der Waals surface area contributed by atoms with E-state index in [0.29, 0.717) is 17.0 Å². The lowest BCUT2D eigenvalue weighted by Crippen LogP contribution is -2.49. The van der Waals surface area contributed by atoms with Crippen LogP contribution in [0.4, 0.5) is 8.78 Å². The highest BCUT2D eigenvalue weighted by molar-refractivity contribution is 7.89. The van der Waals surface area contributed by atoms with Gasteiger partial charge in [0, 0.05) is 37.4 Å². The molecule has 0 radical (unpaired) electrons. The van der Waals surface area contributed by atoms with Crippen molar-refractivity contribution in [1.29, 1.82) is 0 Å². The van der Waals surface area contributed by atoms with Crippen molar-refractivity contribution in [3.8, 4) is 0 Å². The number of nitrogens with one attached hydrogen (secondary N) is 1. The van der Waals surface area contributed by atoms with E-state index in [4.69, 9.17) is 11.6 Å². The molecule has 0 aromatic heterocycles. The van der Waals surface area contributed by atoms with E-state index >= 15 is 0 Å². The van der Waals surface area contributed by atoms with Crippen molar-refractivity contribution in [2.75, 3.05) is 13.7 Å². The van der Waals surface area contributed by atoms with Crippen LogP contribution in [0.2, 0.25) is 5.02 Å². The van der Waals surface area contributed by atoms with Gasteiger partial charge >= 0.3 is 5.97 Å². The fourth-order valence-corrected chi connectivity index (χ4v) is 5.34. The van der Waals surface area contributed by atoms with Gasteiger partial charge in [0.05, 0.1) is 12.0 Å². The Hall–Kier alpha value is -2.56.